The van der Waals surface area contributed by atoms with Gasteiger partial charge in [0.1, 0.15) is 5.76 Å². The van der Waals surface area contributed by atoms with Gasteiger partial charge in [-0.1, -0.05) is 24.3 Å². The van der Waals surface area contributed by atoms with Gasteiger partial charge in [-0.15, -0.1) is 0 Å². The highest BCUT2D eigenvalue weighted by Crippen LogP contribution is 2.52. The summed E-state index contributed by atoms with van der Waals surface area (Å²) < 4.78 is 5.54. The van der Waals surface area contributed by atoms with Gasteiger partial charge in [-0.25, -0.2) is 0 Å². The molecular formula is C25H30N2O3. The van der Waals surface area contributed by atoms with Gasteiger partial charge in [-0.2, -0.15) is 0 Å². The van der Waals surface area contributed by atoms with Crippen LogP contribution < -0.4 is 5.32 Å². The average molecular weight is 407 g/mol. The van der Waals surface area contributed by atoms with E-state index in [2.05, 4.69) is 29.6 Å². The second kappa shape index (κ2) is 7.60. The molecule has 0 radical (unpaired) electrons. The zero-order chi connectivity index (χ0) is 20.7. The fourth-order valence-corrected chi connectivity index (χ4v) is 5.59. The third-order valence-electron chi connectivity index (χ3n) is 7.47. The number of amides is 2. The van der Waals surface area contributed by atoms with E-state index in [9.17, 15) is 9.59 Å². The molecule has 1 spiro atoms. The third kappa shape index (κ3) is 3.44. The molecule has 5 nitrogen and oxygen atoms in total. The first-order valence-corrected chi connectivity index (χ1v) is 11.3. The van der Waals surface area contributed by atoms with Crippen LogP contribution in [-0.4, -0.2) is 35.8 Å². The molecule has 158 valence electrons. The first kappa shape index (κ1) is 19.4. The Morgan fingerprint density at radius 1 is 1.13 bits per heavy atom. The van der Waals surface area contributed by atoms with Gasteiger partial charge in [0.25, 0.3) is 5.91 Å². The Kier molecular flexibility index (Phi) is 4.92. The molecule has 1 saturated carbocycles. The van der Waals surface area contributed by atoms with Gasteiger partial charge in [0.2, 0.25) is 5.91 Å². The molecule has 0 bridgehead atoms. The minimum Gasteiger partial charge on any atom is -0.456 e. The molecule has 2 amide bonds. The van der Waals surface area contributed by atoms with Crippen molar-refractivity contribution in [2.75, 3.05) is 13.1 Å². The van der Waals surface area contributed by atoms with Gasteiger partial charge in [0.05, 0.1) is 0 Å². The van der Waals surface area contributed by atoms with Crippen LogP contribution in [0.15, 0.2) is 40.8 Å². The summed E-state index contributed by atoms with van der Waals surface area (Å²) in [4.78, 5) is 27.3. The topological polar surface area (TPSA) is 62.6 Å². The molecule has 1 aliphatic heterocycles. The Morgan fingerprint density at radius 3 is 2.57 bits per heavy atom. The molecule has 1 aromatic heterocycles. The second-order valence-electron chi connectivity index (χ2n) is 9.37. The molecule has 30 heavy (non-hydrogen) atoms. The number of fused-ring (bicyclic) bond motifs is 2. The predicted octanol–water partition coefficient (Wildman–Crippen LogP) is 4.31. The smallest absolute Gasteiger partial charge is 0.289 e. The van der Waals surface area contributed by atoms with Crippen molar-refractivity contribution in [3.63, 3.8) is 0 Å². The van der Waals surface area contributed by atoms with Crippen LogP contribution in [0.4, 0.5) is 0 Å². The Balaban J connectivity index is 1.29. The summed E-state index contributed by atoms with van der Waals surface area (Å²) in [6.45, 7) is 3.32. The highest BCUT2D eigenvalue weighted by molar-refractivity contribution is 5.91. The van der Waals surface area contributed by atoms with Crippen LogP contribution in [0.2, 0.25) is 0 Å². The van der Waals surface area contributed by atoms with Crippen LogP contribution >= 0.6 is 0 Å². The first-order valence-electron chi connectivity index (χ1n) is 11.3. The summed E-state index contributed by atoms with van der Waals surface area (Å²) in [6, 6.07) is 12.6. The van der Waals surface area contributed by atoms with Crippen molar-refractivity contribution in [2.24, 2.45) is 0 Å². The molecular weight excluding hydrogens is 376 g/mol. The first-order chi connectivity index (χ1) is 14.5. The molecule has 2 heterocycles. The van der Waals surface area contributed by atoms with Crippen molar-refractivity contribution < 1.29 is 14.0 Å². The van der Waals surface area contributed by atoms with E-state index < -0.39 is 0 Å². The van der Waals surface area contributed by atoms with Crippen LogP contribution in [0.5, 0.6) is 0 Å². The van der Waals surface area contributed by atoms with Crippen molar-refractivity contribution in [1.82, 2.24) is 10.2 Å². The summed E-state index contributed by atoms with van der Waals surface area (Å²) in [7, 11) is 0. The number of furan rings is 1. The zero-order valence-electron chi connectivity index (χ0n) is 17.7. The number of nitrogens with one attached hydrogen (secondary N) is 1. The molecule has 1 atom stereocenters. The molecule has 1 aromatic carbocycles. The minimum atomic E-state index is -0.0133. The van der Waals surface area contributed by atoms with Gasteiger partial charge in [-0.05, 0) is 80.0 Å². The number of carbonyl (C=O) groups is 2. The highest BCUT2D eigenvalue weighted by Gasteiger charge is 2.46. The molecule has 3 aliphatic rings. The second-order valence-corrected chi connectivity index (χ2v) is 9.37. The van der Waals surface area contributed by atoms with E-state index in [0.717, 1.165) is 51.0 Å². The van der Waals surface area contributed by atoms with Crippen molar-refractivity contribution in [3.8, 4) is 0 Å². The number of piperidine rings is 1. The Morgan fingerprint density at radius 2 is 1.90 bits per heavy atom. The van der Waals surface area contributed by atoms with Gasteiger partial charge >= 0.3 is 0 Å². The van der Waals surface area contributed by atoms with Crippen molar-refractivity contribution >= 4 is 11.8 Å². The lowest BCUT2D eigenvalue weighted by Crippen LogP contribution is -2.44. The van der Waals surface area contributed by atoms with Crippen LogP contribution in [0.25, 0.3) is 0 Å². The number of aryl methyl sites for hydroxylation is 1. The summed E-state index contributed by atoms with van der Waals surface area (Å²) >= 11 is 0. The van der Waals surface area contributed by atoms with Gasteiger partial charge in [0, 0.05) is 25.6 Å². The Hall–Kier alpha value is -2.56. The monoisotopic (exact) mass is 406 g/mol. The van der Waals surface area contributed by atoms with Crippen LogP contribution in [0, 0.1) is 6.92 Å². The maximum atomic E-state index is 12.8. The SMILES string of the molecule is Cc1ccc(C(=O)N2CCC3(CC2)C[C@H](CC(=O)NC2CCC2)c2ccccc23)o1. The number of hydrogen-bond acceptors (Lipinski definition) is 3. The fraction of sp³-hybridized carbons (Fsp3) is 0.520. The number of likely N-dealkylation sites (tertiary alicyclic amines) is 1. The Bertz CT molecular complexity index is 951. The minimum absolute atomic E-state index is 0.0133. The zero-order valence-corrected chi connectivity index (χ0v) is 17.7. The normalized spacial score (nSPS) is 22.6. The van der Waals surface area contributed by atoms with E-state index in [0.29, 0.717) is 18.2 Å². The van der Waals surface area contributed by atoms with E-state index in [1.54, 1.807) is 6.07 Å². The maximum absolute atomic E-state index is 12.8. The van der Waals surface area contributed by atoms with E-state index >= 15 is 0 Å². The predicted molar refractivity (Wildman–Crippen MR) is 114 cm³/mol. The summed E-state index contributed by atoms with van der Waals surface area (Å²) in [5.74, 6) is 1.65. The maximum Gasteiger partial charge on any atom is 0.289 e. The molecule has 5 rings (SSSR count). The number of benzene rings is 1. The molecule has 1 saturated heterocycles. The summed E-state index contributed by atoms with van der Waals surface area (Å²) in [6.07, 6.45) is 6.93. The molecule has 2 aliphatic carbocycles. The lowest BCUT2D eigenvalue weighted by molar-refractivity contribution is -0.122. The third-order valence-corrected chi connectivity index (χ3v) is 7.47. The standard InChI is InChI=1S/C25H30N2O3/c1-17-9-10-22(30-17)24(29)27-13-11-25(12-14-27)16-18(20-7-2-3-8-21(20)25)15-23(28)26-19-5-4-6-19/h2-3,7-10,18-19H,4-6,11-16H2,1H3,(H,26,28)/t18-/m0/s1. The Labute approximate surface area is 177 Å². The quantitative estimate of drug-likeness (QED) is 0.823. The van der Waals surface area contributed by atoms with E-state index in [1.165, 1.54) is 17.5 Å². The van der Waals surface area contributed by atoms with Crippen molar-refractivity contribution in [2.45, 2.75) is 69.2 Å². The van der Waals surface area contributed by atoms with Crippen LogP contribution in [-0.2, 0) is 10.2 Å². The van der Waals surface area contributed by atoms with Gasteiger partial charge < -0.3 is 14.6 Å². The van der Waals surface area contributed by atoms with Crippen molar-refractivity contribution in [3.05, 3.63) is 59.0 Å². The highest BCUT2D eigenvalue weighted by atomic mass is 16.3. The summed E-state index contributed by atoms with van der Waals surface area (Å²) in [5.41, 5.74) is 2.81. The van der Waals surface area contributed by atoms with E-state index in [4.69, 9.17) is 4.42 Å². The average Bonchev–Trinajstić information content (AvgIpc) is 3.28. The molecule has 2 fully saturated rings. The lowest BCUT2D eigenvalue weighted by Gasteiger charge is -2.40. The molecule has 1 N–H and O–H groups in total. The molecule has 2 aromatic rings. The number of rotatable bonds is 4. The van der Waals surface area contributed by atoms with E-state index in [1.807, 2.05) is 17.9 Å². The van der Waals surface area contributed by atoms with Crippen LogP contribution in [0.3, 0.4) is 0 Å². The largest absolute Gasteiger partial charge is 0.456 e. The van der Waals surface area contributed by atoms with Gasteiger partial charge in [0.15, 0.2) is 5.76 Å². The molecule has 5 heteroatoms. The fourth-order valence-electron chi connectivity index (χ4n) is 5.59. The van der Waals surface area contributed by atoms with E-state index in [-0.39, 0.29) is 23.1 Å². The lowest BCUT2D eigenvalue weighted by atomic mass is 9.73. The molecule has 0 unspecified atom stereocenters. The van der Waals surface area contributed by atoms with Gasteiger partial charge in [-0.3, -0.25) is 9.59 Å². The number of carbonyl (C=O) groups excluding carboxylic acids is 2. The van der Waals surface area contributed by atoms with Crippen LogP contribution in [0.1, 0.15) is 78.3 Å². The summed E-state index contributed by atoms with van der Waals surface area (Å²) in [5, 5.41) is 3.21. The number of hydrogen-bond donors (Lipinski definition) is 1. The van der Waals surface area contributed by atoms with Crippen molar-refractivity contribution in [1.29, 1.82) is 0 Å². The number of nitrogens with zero attached hydrogens (tertiary/aromatic N) is 1.